The zero-order chi connectivity index (χ0) is 9.84. The molecular weight excluding hydrogens is 166 g/mol. The SMILES string of the molecule is COC(=O)c1cc(CN)ccc1C. The topological polar surface area (TPSA) is 52.3 Å². The molecule has 1 rings (SSSR count). The number of carbonyl (C=O) groups excluding carboxylic acids is 1. The first kappa shape index (κ1) is 9.74. The average molecular weight is 179 g/mol. The van der Waals surface area contributed by atoms with Gasteiger partial charge in [-0.25, -0.2) is 4.79 Å². The quantitative estimate of drug-likeness (QED) is 0.695. The maximum Gasteiger partial charge on any atom is 0.338 e. The molecule has 0 atom stereocenters. The number of nitrogens with two attached hydrogens (primary N) is 1. The summed E-state index contributed by atoms with van der Waals surface area (Å²) in [5.41, 5.74) is 7.89. The van der Waals surface area contributed by atoms with Gasteiger partial charge in [0, 0.05) is 6.54 Å². The zero-order valence-electron chi connectivity index (χ0n) is 7.83. The van der Waals surface area contributed by atoms with E-state index in [4.69, 9.17) is 5.73 Å². The maximum absolute atomic E-state index is 11.2. The summed E-state index contributed by atoms with van der Waals surface area (Å²) >= 11 is 0. The molecule has 13 heavy (non-hydrogen) atoms. The van der Waals surface area contributed by atoms with Gasteiger partial charge in [-0.15, -0.1) is 0 Å². The summed E-state index contributed by atoms with van der Waals surface area (Å²) in [7, 11) is 1.37. The van der Waals surface area contributed by atoms with Crippen LogP contribution in [0.2, 0.25) is 0 Å². The van der Waals surface area contributed by atoms with E-state index >= 15 is 0 Å². The second kappa shape index (κ2) is 4.05. The van der Waals surface area contributed by atoms with Gasteiger partial charge in [-0.1, -0.05) is 12.1 Å². The third-order valence-corrected chi connectivity index (χ3v) is 1.94. The fourth-order valence-corrected chi connectivity index (χ4v) is 1.13. The Morgan fingerprint density at radius 2 is 2.23 bits per heavy atom. The first-order valence-corrected chi connectivity index (χ1v) is 4.07. The third kappa shape index (κ3) is 2.06. The van der Waals surface area contributed by atoms with Crippen molar-refractivity contribution in [2.75, 3.05) is 7.11 Å². The van der Waals surface area contributed by atoms with Crippen molar-refractivity contribution in [1.82, 2.24) is 0 Å². The molecule has 1 aromatic rings. The molecule has 0 aliphatic rings. The van der Waals surface area contributed by atoms with Crippen molar-refractivity contribution in [2.24, 2.45) is 5.73 Å². The lowest BCUT2D eigenvalue weighted by Gasteiger charge is -2.05. The summed E-state index contributed by atoms with van der Waals surface area (Å²) < 4.78 is 4.64. The highest BCUT2D eigenvalue weighted by atomic mass is 16.5. The summed E-state index contributed by atoms with van der Waals surface area (Å²) in [6.45, 7) is 2.30. The Labute approximate surface area is 77.5 Å². The lowest BCUT2D eigenvalue weighted by molar-refractivity contribution is 0.0600. The highest BCUT2D eigenvalue weighted by Gasteiger charge is 2.08. The Morgan fingerprint density at radius 3 is 2.77 bits per heavy atom. The van der Waals surface area contributed by atoms with Crippen molar-refractivity contribution in [3.8, 4) is 0 Å². The highest BCUT2D eigenvalue weighted by molar-refractivity contribution is 5.91. The van der Waals surface area contributed by atoms with Crippen LogP contribution in [0.5, 0.6) is 0 Å². The molecule has 0 unspecified atom stereocenters. The van der Waals surface area contributed by atoms with Gasteiger partial charge in [0.15, 0.2) is 0 Å². The molecule has 0 saturated heterocycles. The van der Waals surface area contributed by atoms with Crippen molar-refractivity contribution in [2.45, 2.75) is 13.5 Å². The number of benzene rings is 1. The smallest absolute Gasteiger partial charge is 0.338 e. The van der Waals surface area contributed by atoms with Crippen LogP contribution in [0.4, 0.5) is 0 Å². The lowest BCUT2D eigenvalue weighted by Crippen LogP contribution is -2.06. The summed E-state index contributed by atoms with van der Waals surface area (Å²) in [6.07, 6.45) is 0. The number of hydrogen-bond donors (Lipinski definition) is 1. The molecule has 3 nitrogen and oxygen atoms in total. The van der Waals surface area contributed by atoms with Gasteiger partial charge in [-0.3, -0.25) is 0 Å². The van der Waals surface area contributed by atoms with Gasteiger partial charge in [0.05, 0.1) is 12.7 Å². The van der Waals surface area contributed by atoms with Crippen molar-refractivity contribution in [3.63, 3.8) is 0 Å². The van der Waals surface area contributed by atoms with E-state index in [0.29, 0.717) is 12.1 Å². The van der Waals surface area contributed by atoms with E-state index in [-0.39, 0.29) is 5.97 Å². The van der Waals surface area contributed by atoms with Gasteiger partial charge in [0.2, 0.25) is 0 Å². The van der Waals surface area contributed by atoms with Crippen LogP contribution in [-0.4, -0.2) is 13.1 Å². The Balaban J connectivity index is 3.11. The molecule has 3 heteroatoms. The first-order chi connectivity index (χ1) is 6.19. The van der Waals surface area contributed by atoms with Crippen LogP contribution in [0, 0.1) is 6.92 Å². The number of esters is 1. The minimum atomic E-state index is -0.312. The van der Waals surface area contributed by atoms with E-state index in [2.05, 4.69) is 4.74 Å². The fraction of sp³-hybridized carbons (Fsp3) is 0.300. The molecular formula is C10H13NO2. The summed E-state index contributed by atoms with van der Waals surface area (Å²) in [6, 6.07) is 5.54. The van der Waals surface area contributed by atoms with E-state index in [9.17, 15) is 4.79 Å². The van der Waals surface area contributed by atoms with Crippen molar-refractivity contribution in [3.05, 3.63) is 34.9 Å². The Hall–Kier alpha value is -1.35. The number of carbonyl (C=O) groups is 1. The zero-order valence-corrected chi connectivity index (χ0v) is 7.83. The number of hydrogen-bond acceptors (Lipinski definition) is 3. The van der Waals surface area contributed by atoms with Gasteiger partial charge in [-0.05, 0) is 24.1 Å². The predicted octanol–water partition coefficient (Wildman–Crippen LogP) is 1.24. The monoisotopic (exact) mass is 179 g/mol. The van der Waals surface area contributed by atoms with Gasteiger partial charge < -0.3 is 10.5 Å². The lowest BCUT2D eigenvalue weighted by atomic mass is 10.1. The Kier molecular flexibility index (Phi) is 3.03. The Morgan fingerprint density at radius 1 is 1.54 bits per heavy atom. The summed E-state index contributed by atoms with van der Waals surface area (Å²) in [5, 5.41) is 0. The molecule has 70 valence electrons. The van der Waals surface area contributed by atoms with E-state index < -0.39 is 0 Å². The van der Waals surface area contributed by atoms with Crippen LogP contribution in [-0.2, 0) is 11.3 Å². The summed E-state index contributed by atoms with van der Waals surface area (Å²) in [5.74, 6) is -0.312. The standard InChI is InChI=1S/C10H13NO2/c1-7-3-4-8(6-11)5-9(7)10(12)13-2/h3-5H,6,11H2,1-2H3. The minimum absolute atomic E-state index is 0.312. The van der Waals surface area contributed by atoms with Crippen molar-refractivity contribution < 1.29 is 9.53 Å². The average Bonchev–Trinajstić information content (AvgIpc) is 2.17. The molecule has 0 aromatic heterocycles. The molecule has 0 spiro atoms. The highest BCUT2D eigenvalue weighted by Crippen LogP contribution is 2.11. The predicted molar refractivity (Wildman–Crippen MR) is 50.4 cm³/mol. The van der Waals surface area contributed by atoms with Crippen LogP contribution in [0.3, 0.4) is 0 Å². The second-order valence-electron chi connectivity index (χ2n) is 2.84. The Bertz CT molecular complexity index is 321. The number of rotatable bonds is 2. The number of aryl methyl sites for hydroxylation is 1. The summed E-state index contributed by atoms with van der Waals surface area (Å²) in [4.78, 5) is 11.2. The molecule has 0 bridgehead atoms. The first-order valence-electron chi connectivity index (χ1n) is 4.07. The number of methoxy groups -OCH3 is 1. The van der Waals surface area contributed by atoms with Crippen LogP contribution >= 0.6 is 0 Å². The van der Waals surface area contributed by atoms with Crippen molar-refractivity contribution >= 4 is 5.97 Å². The normalized spacial score (nSPS) is 9.77. The van der Waals surface area contributed by atoms with Gasteiger partial charge in [0.25, 0.3) is 0 Å². The van der Waals surface area contributed by atoms with Crippen LogP contribution < -0.4 is 5.73 Å². The molecule has 1 aromatic carbocycles. The van der Waals surface area contributed by atoms with Gasteiger partial charge >= 0.3 is 5.97 Å². The van der Waals surface area contributed by atoms with Gasteiger partial charge in [-0.2, -0.15) is 0 Å². The molecule has 0 amide bonds. The molecule has 0 aliphatic carbocycles. The molecule has 0 radical (unpaired) electrons. The molecule has 0 aliphatic heterocycles. The molecule has 0 heterocycles. The van der Waals surface area contributed by atoms with E-state index in [1.807, 2.05) is 19.1 Å². The van der Waals surface area contributed by atoms with Crippen molar-refractivity contribution in [1.29, 1.82) is 0 Å². The molecule has 0 fully saturated rings. The van der Waals surface area contributed by atoms with Crippen LogP contribution in [0.25, 0.3) is 0 Å². The van der Waals surface area contributed by atoms with E-state index in [1.54, 1.807) is 6.07 Å². The minimum Gasteiger partial charge on any atom is -0.465 e. The molecule has 0 saturated carbocycles. The van der Waals surface area contributed by atoms with E-state index in [1.165, 1.54) is 7.11 Å². The van der Waals surface area contributed by atoms with Gasteiger partial charge in [0.1, 0.15) is 0 Å². The fourth-order valence-electron chi connectivity index (χ4n) is 1.13. The maximum atomic E-state index is 11.2. The van der Waals surface area contributed by atoms with Crippen LogP contribution in [0.15, 0.2) is 18.2 Å². The second-order valence-corrected chi connectivity index (χ2v) is 2.84. The number of ether oxygens (including phenoxy) is 1. The van der Waals surface area contributed by atoms with Crippen LogP contribution in [0.1, 0.15) is 21.5 Å². The third-order valence-electron chi connectivity index (χ3n) is 1.94. The van der Waals surface area contributed by atoms with E-state index in [0.717, 1.165) is 11.1 Å². The molecule has 2 N–H and O–H groups in total. The largest absolute Gasteiger partial charge is 0.465 e.